The maximum Gasteiger partial charge on any atom is 0.348 e. The number of benzene rings is 1. The molecule has 0 aliphatic carbocycles. The fourth-order valence-electron chi connectivity index (χ4n) is 3.39. The number of fused-ring (bicyclic) bond motifs is 1. The Bertz CT molecular complexity index is 1160. The van der Waals surface area contributed by atoms with Gasteiger partial charge in [-0.2, -0.15) is 0 Å². The first-order valence-electron chi connectivity index (χ1n) is 10.8. The van der Waals surface area contributed by atoms with Gasteiger partial charge in [-0.3, -0.25) is 9.69 Å². The number of carbonyl (C=O) groups excluding carboxylic acids is 1. The standard InChI is InChI=1S/C24H29N3O6S/c1-4-11-32-24(30)21-16(2)20-22(29)25-19(26-23(20)34-21)14-27(10-12-31-3)13-17(28)15-33-18-8-6-5-7-9-18/h4-9,17,28H,1,10-15H2,2-3H3,(H,25,26,29)/t17-/m0/s1. The number of hydrogen-bond acceptors (Lipinski definition) is 9. The number of aromatic nitrogens is 2. The highest BCUT2D eigenvalue weighted by molar-refractivity contribution is 7.20. The van der Waals surface area contributed by atoms with E-state index in [1.807, 2.05) is 35.2 Å². The van der Waals surface area contributed by atoms with Crippen molar-refractivity contribution in [1.82, 2.24) is 14.9 Å². The summed E-state index contributed by atoms with van der Waals surface area (Å²) in [5.41, 5.74) is 0.218. The molecule has 0 fully saturated rings. The third-order valence-corrected chi connectivity index (χ3v) is 6.17. The molecule has 3 aromatic rings. The van der Waals surface area contributed by atoms with Crippen LogP contribution in [0, 0.1) is 6.92 Å². The van der Waals surface area contributed by atoms with E-state index in [2.05, 4.69) is 16.5 Å². The molecule has 2 heterocycles. The van der Waals surface area contributed by atoms with Crippen LogP contribution in [0.4, 0.5) is 0 Å². The van der Waals surface area contributed by atoms with Gasteiger partial charge in [-0.15, -0.1) is 11.3 Å². The van der Waals surface area contributed by atoms with Crippen molar-refractivity contribution < 1.29 is 24.1 Å². The van der Waals surface area contributed by atoms with Crippen LogP contribution < -0.4 is 10.3 Å². The van der Waals surface area contributed by atoms with E-state index in [0.29, 0.717) is 51.9 Å². The first-order chi connectivity index (χ1) is 16.4. The molecule has 9 nitrogen and oxygen atoms in total. The van der Waals surface area contributed by atoms with Crippen molar-refractivity contribution in [3.8, 4) is 5.75 Å². The van der Waals surface area contributed by atoms with Gasteiger partial charge in [0.15, 0.2) is 0 Å². The summed E-state index contributed by atoms with van der Waals surface area (Å²) in [6, 6.07) is 9.26. The number of para-hydroxylation sites is 1. The molecule has 0 unspecified atom stereocenters. The highest BCUT2D eigenvalue weighted by Crippen LogP contribution is 2.27. The van der Waals surface area contributed by atoms with Gasteiger partial charge in [-0.1, -0.05) is 30.9 Å². The minimum absolute atomic E-state index is 0.0896. The highest BCUT2D eigenvalue weighted by Gasteiger charge is 2.21. The smallest absolute Gasteiger partial charge is 0.348 e. The number of nitrogens with one attached hydrogen (secondary N) is 1. The molecule has 34 heavy (non-hydrogen) atoms. The Labute approximate surface area is 201 Å². The van der Waals surface area contributed by atoms with Gasteiger partial charge in [0.25, 0.3) is 5.56 Å². The highest BCUT2D eigenvalue weighted by atomic mass is 32.1. The van der Waals surface area contributed by atoms with Gasteiger partial charge >= 0.3 is 5.97 Å². The molecule has 2 N–H and O–H groups in total. The lowest BCUT2D eigenvalue weighted by Crippen LogP contribution is -2.38. The molecular formula is C24H29N3O6S. The molecule has 2 aromatic heterocycles. The molecule has 3 rings (SSSR count). The average molecular weight is 488 g/mol. The van der Waals surface area contributed by atoms with Crippen LogP contribution in [0.3, 0.4) is 0 Å². The summed E-state index contributed by atoms with van der Waals surface area (Å²) in [6.07, 6.45) is 0.722. The van der Waals surface area contributed by atoms with Gasteiger partial charge in [0.1, 0.15) is 40.6 Å². The number of nitrogens with zero attached hydrogens (tertiary/aromatic N) is 2. The van der Waals surface area contributed by atoms with Gasteiger partial charge in [0.05, 0.1) is 18.5 Å². The number of methoxy groups -OCH3 is 1. The number of thiophene rings is 1. The summed E-state index contributed by atoms with van der Waals surface area (Å²) in [5.74, 6) is 0.596. The number of esters is 1. The first kappa shape index (κ1) is 25.6. The molecule has 0 radical (unpaired) electrons. The van der Waals surface area contributed by atoms with Gasteiger partial charge in [0.2, 0.25) is 0 Å². The second-order valence-electron chi connectivity index (χ2n) is 7.64. The zero-order chi connectivity index (χ0) is 24.5. The van der Waals surface area contributed by atoms with Crippen molar-refractivity contribution >= 4 is 27.5 Å². The monoisotopic (exact) mass is 487 g/mol. The van der Waals surface area contributed by atoms with Crippen molar-refractivity contribution in [1.29, 1.82) is 0 Å². The number of ether oxygens (including phenoxy) is 3. The molecule has 0 saturated carbocycles. The van der Waals surface area contributed by atoms with Crippen molar-refractivity contribution in [2.24, 2.45) is 0 Å². The summed E-state index contributed by atoms with van der Waals surface area (Å²) < 4.78 is 15.9. The van der Waals surface area contributed by atoms with Gasteiger partial charge in [-0.05, 0) is 24.6 Å². The molecule has 0 saturated heterocycles. The molecule has 1 atom stereocenters. The van der Waals surface area contributed by atoms with E-state index in [-0.39, 0.29) is 25.3 Å². The predicted molar refractivity (Wildman–Crippen MR) is 131 cm³/mol. The van der Waals surface area contributed by atoms with Crippen molar-refractivity contribution in [2.75, 3.05) is 40.0 Å². The molecule has 0 aliphatic heterocycles. The number of aliphatic hydroxyl groups is 1. The quantitative estimate of drug-likeness (QED) is 0.279. The lowest BCUT2D eigenvalue weighted by atomic mass is 10.2. The number of aryl methyl sites for hydroxylation is 1. The van der Waals surface area contributed by atoms with Crippen LogP contribution in [-0.4, -0.2) is 72.1 Å². The lowest BCUT2D eigenvalue weighted by molar-refractivity contribution is 0.0532. The van der Waals surface area contributed by atoms with Gasteiger partial charge in [0, 0.05) is 20.2 Å². The van der Waals surface area contributed by atoms with Crippen LogP contribution in [0.5, 0.6) is 5.75 Å². The Morgan fingerprint density at radius 2 is 2.12 bits per heavy atom. The fourth-order valence-corrected chi connectivity index (χ4v) is 4.48. The Morgan fingerprint density at radius 3 is 2.82 bits per heavy atom. The lowest BCUT2D eigenvalue weighted by Gasteiger charge is -2.24. The molecule has 10 heteroatoms. The van der Waals surface area contributed by atoms with Gasteiger partial charge < -0.3 is 24.3 Å². The van der Waals surface area contributed by atoms with Crippen molar-refractivity contribution in [3.63, 3.8) is 0 Å². The van der Waals surface area contributed by atoms with E-state index in [4.69, 9.17) is 14.2 Å². The Hall–Kier alpha value is -3.05. The third kappa shape index (κ3) is 6.73. The second-order valence-corrected chi connectivity index (χ2v) is 8.64. The number of aromatic amines is 1. The van der Waals surface area contributed by atoms with Crippen molar-refractivity contribution in [2.45, 2.75) is 19.6 Å². The van der Waals surface area contributed by atoms with E-state index in [0.717, 1.165) is 11.3 Å². The second kappa shape index (κ2) is 12.4. The first-order valence-corrected chi connectivity index (χ1v) is 11.6. The minimum atomic E-state index is -0.761. The number of H-pyrrole nitrogens is 1. The van der Waals surface area contributed by atoms with E-state index in [1.165, 1.54) is 6.08 Å². The van der Waals surface area contributed by atoms with E-state index in [9.17, 15) is 14.7 Å². The van der Waals surface area contributed by atoms with Crippen LogP contribution in [0.1, 0.15) is 21.1 Å². The van der Waals surface area contributed by atoms with Crippen LogP contribution in [-0.2, 0) is 16.0 Å². The third-order valence-electron chi connectivity index (χ3n) is 5.01. The normalized spacial score (nSPS) is 12.1. The molecule has 0 spiro atoms. The van der Waals surface area contributed by atoms with E-state index in [1.54, 1.807) is 14.0 Å². The van der Waals surface area contributed by atoms with E-state index < -0.39 is 12.1 Å². The Morgan fingerprint density at radius 1 is 1.35 bits per heavy atom. The molecule has 0 amide bonds. The average Bonchev–Trinajstić information content (AvgIpc) is 3.17. The molecule has 1 aromatic carbocycles. The van der Waals surface area contributed by atoms with Gasteiger partial charge in [-0.25, -0.2) is 9.78 Å². The maximum atomic E-state index is 12.8. The molecular weight excluding hydrogens is 458 g/mol. The Balaban J connectivity index is 1.74. The summed E-state index contributed by atoms with van der Waals surface area (Å²) in [4.78, 5) is 35.2. The SMILES string of the molecule is C=CCOC(=O)c1sc2nc(CN(CCOC)C[C@H](O)COc3ccccc3)[nH]c(=O)c2c1C. The Kier molecular flexibility index (Phi) is 9.34. The summed E-state index contributed by atoms with van der Waals surface area (Å²) in [6.45, 7) is 6.98. The zero-order valence-corrected chi connectivity index (χ0v) is 20.1. The van der Waals surface area contributed by atoms with Crippen LogP contribution >= 0.6 is 11.3 Å². The number of rotatable bonds is 13. The van der Waals surface area contributed by atoms with E-state index >= 15 is 0 Å². The number of hydrogen-bond donors (Lipinski definition) is 2. The van der Waals surface area contributed by atoms with Crippen molar-refractivity contribution in [3.05, 3.63) is 69.6 Å². The van der Waals surface area contributed by atoms with Crippen LogP contribution in [0.15, 0.2) is 47.8 Å². The summed E-state index contributed by atoms with van der Waals surface area (Å²) in [5, 5.41) is 10.9. The number of carbonyl (C=O) groups is 1. The predicted octanol–water partition coefficient (Wildman–Crippen LogP) is 2.52. The molecule has 0 aliphatic rings. The minimum Gasteiger partial charge on any atom is -0.491 e. The molecule has 0 bridgehead atoms. The topological polar surface area (TPSA) is 114 Å². The largest absolute Gasteiger partial charge is 0.491 e. The summed E-state index contributed by atoms with van der Waals surface area (Å²) >= 11 is 1.12. The maximum absolute atomic E-state index is 12.8. The summed E-state index contributed by atoms with van der Waals surface area (Å²) in [7, 11) is 1.60. The zero-order valence-electron chi connectivity index (χ0n) is 19.3. The van der Waals surface area contributed by atoms with Crippen LogP contribution in [0.2, 0.25) is 0 Å². The molecule has 182 valence electrons. The number of aliphatic hydroxyl groups excluding tert-OH is 1. The fraction of sp³-hybridized carbons (Fsp3) is 0.375. The van der Waals surface area contributed by atoms with Crippen LogP contribution in [0.25, 0.3) is 10.2 Å².